The molecule has 0 fully saturated rings. The number of para-hydroxylation sites is 4. The molecule has 0 saturated heterocycles. The van der Waals surface area contributed by atoms with E-state index >= 15 is 0 Å². The molecule has 0 radical (unpaired) electrons. The van der Waals surface area contributed by atoms with E-state index in [1.54, 1.807) is 6.07 Å². The van der Waals surface area contributed by atoms with E-state index < -0.39 is 0 Å². The van der Waals surface area contributed by atoms with Crippen molar-refractivity contribution in [3.8, 4) is 28.6 Å². The summed E-state index contributed by atoms with van der Waals surface area (Å²) in [7, 11) is 0. The lowest BCUT2D eigenvalue weighted by molar-refractivity contribution is 1.17. The van der Waals surface area contributed by atoms with Crippen LogP contribution in [-0.4, -0.2) is 9.13 Å². The van der Waals surface area contributed by atoms with E-state index in [4.69, 9.17) is 6.57 Å². The Morgan fingerprint density at radius 1 is 0.571 bits per heavy atom. The van der Waals surface area contributed by atoms with Gasteiger partial charge in [0.25, 0.3) is 0 Å². The number of benzene rings is 6. The third kappa shape index (κ3) is 3.27. The fourth-order valence-electron chi connectivity index (χ4n) is 6.50. The molecule has 0 saturated carbocycles. The second-order valence-corrected chi connectivity index (χ2v) is 10.3. The van der Waals surface area contributed by atoms with Gasteiger partial charge in [-0.1, -0.05) is 84.9 Å². The number of fused-ring (bicyclic) bond motifs is 7. The fraction of sp³-hybridized carbons (Fsp3) is 0. The molecule has 0 unspecified atom stereocenters. The van der Waals surface area contributed by atoms with Crippen LogP contribution in [-0.2, 0) is 0 Å². The van der Waals surface area contributed by atoms with Gasteiger partial charge in [0.1, 0.15) is 0 Å². The molecular weight excluding hydrogens is 512 g/mol. The predicted molar refractivity (Wildman–Crippen MR) is 172 cm³/mol. The van der Waals surface area contributed by atoms with Crippen LogP contribution < -0.4 is 0 Å². The van der Waals surface area contributed by atoms with Gasteiger partial charge in [0.2, 0.25) is 0 Å². The summed E-state index contributed by atoms with van der Waals surface area (Å²) in [6.07, 6.45) is 0. The van der Waals surface area contributed by atoms with E-state index in [9.17, 15) is 5.26 Å². The Kier molecular flexibility index (Phi) is 5.22. The van der Waals surface area contributed by atoms with Crippen LogP contribution in [0.1, 0.15) is 5.56 Å². The predicted octanol–water partition coefficient (Wildman–Crippen LogP) is 9.97. The van der Waals surface area contributed by atoms with Crippen molar-refractivity contribution in [2.75, 3.05) is 0 Å². The van der Waals surface area contributed by atoms with Gasteiger partial charge in [0, 0.05) is 44.0 Å². The Labute approximate surface area is 242 Å². The molecule has 0 bridgehead atoms. The highest BCUT2D eigenvalue weighted by atomic mass is 15.0. The highest BCUT2D eigenvalue weighted by Crippen LogP contribution is 2.48. The van der Waals surface area contributed by atoms with Gasteiger partial charge < -0.3 is 9.13 Å². The molecule has 6 aromatic carbocycles. The van der Waals surface area contributed by atoms with E-state index in [1.807, 2.05) is 36.4 Å². The summed E-state index contributed by atoms with van der Waals surface area (Å²) in [5.41, 5.74) is 8.83. The minimum Gasteiger partial charge on any atom is -0.309 e. The Bertz CT molecular complexity index is 2380. The number of hydrogen-bond donors (Lipinski definition) is 0. The zero-order valence-electron chi connectivity index (χ0n) is 22.5. The van der Waals surface area contributed by atoms with Crippen LogP contribution in [0.25, 0.3) is 71.0 Å². The largest absolute Gasteiger partial charge is 0.309 e. The lowest BCUT2D eigenvalue weighted by Gasteiger charge is -2.15. The molecule has 4 nitrogen and oxygen atoms in total. The second kappa shape index (κ2) is 9.24. The smallest absolute Gasteiger partial charge is 0.196 e. The van der Waals surface area contributed by atoms with Crippen LogP contribution >= 0.6 is 0 Å². The molecule has 0 aliphatic rings. The van der Waals surface area contributed by atoms with Gasteiger partial charge in [-0.05, 0) is 54.1 Å². The lowest BCUT2D eigenvalue weighted by atomic mass is 9.94. The maximum Gasteiger partial charge on any atom is 0.196 e. The SMILES string of the molecule is [C-]#[N+]c1cccc(C#N)c1-c1cc2c3ccccc3n(-c3ccccc3)c2c2c3ccccc3n(-c3ccccc3)c12. The van der Waals surface area contributed by atoms with Crippen molar-refractivity contribution in [3.63, 3.8) is 0 Å². The van der Waals surface area contributed by atoms with Crippen LogP contribution in [0.3, 0.4) is 0 Å². The number of rotatable bonds is 3. The Morgan fingerprint density at radius 2 is 1.14 bits per heavy atom. The molecule has 4 heteroatoms. The highest BCUT2D eigenvalue weighted by Gasteiger charge is 2.25. The molecule has 42 heavy (non-hydrogen) atoms. The fourth-order valence-corrected chi connectivity index (χ4v) is 6.50. The number of nitrogens with zero attached hydrogens (tertiary/aromatic N) is 4. The third-order valence-corrected chi connectivity index (χ3v) is 8.15. The topological polar surface area (TPSA) is 38.0 Å². The minimum absolute atomic E-state index is 0.464. The first-order valence-electron chi connectivity index (χ1n) is 13.8. The monoisotopic (exact) mass is 534 g/mol. The zero-order chi connectivity index (χ0) is 28.2. The van der Waals surface area contributed by atoms with Crippen molar-refractivity contribution in [3.05, 3.63) is 150 Å². The standard InChI is InChI=1S/C38H22N4/c1-40-32-20-12-13-25(24-39)35(32)31-23-30-28-18-8-10-21-33(28)41(26-14-4-2-5-15-26)37(30)36-29-19-9-11-22-34(29)42(38(31)36)27-16-6-3-7-17-27/h2-23H. The van der Waals surface area contributed by atoms with Gasteiger partial charge in [-0.3, -0.25) is 0 Å². The summed E-state index contributed by atoms with van der Waals surface area (Å²) >= 11 is 0. The molecule has 0 amide bonds. The van der Waals surface area contributed by atoms with E-state index in [2.05, 4.69) is 111 Å². The zero-order valence-corrected chi connectivity index (χ0v) is 22.5. The average molecular weight is 535 g/mol. The van der Waals surface area contributed by atoms with E-state index in [0.717, 1.165) is 60.5 Å². The van der Waals surface area contributed by atoms with Crippen LogP contribution in [0.2, 0.25) is 0 Å². The van der Waals surface area contributed by atoms with Crippen LogP contribution in [0, 0.1) is 17.9 Å². The van der Waals surface area contributed by atoms with E-state index in [0.29, 0.717) is 16.8 Å². The molecule has 0 atom stereocenters. The maximum absolute atomic E-state index is 10.3. The van der Waals surface area contributed by atoms with Gasteiger partial charge >= 0.3 is 0 Å². The summed E-state index contributed by atoms with van der Waals surface area (Å²) in [6, 6.07) is 47.7. The molecule has 0 spiro atoms. The van der Waals surface area contributed by atoms with Crippen molar-refractivity contribution in [2.24, 2.45) is 0 Å². The van der Waals surface area contributed by atoms with Crippen molar-refractivity contribution >= 4 is 49.3 Å². The summed E-state index contributed by atoms with van der Waals surface area (Å²) in [4.78, 5) is 3.90. The first kappa shape index (κ1) is 23.8. The third-order valence-electron chi connectivity index (χ3n) is 8.15. The first-order valence-corrected chi connectivity index (χ1v) is 13.8. The van der Waals surface area contributed by atoms with E-state index in [1.165, 1.54) is 0 Å². The van der Waals surface area contributed by atoms with Crippen molar-refractivity contribution in [2.45, 2.75) is 0 Å². The number of hydrogen-bond acceptors (Lipinski definition) is 1. The summed E-state index contributed by atoms with van der Waals surface area (Å²) in [5.74, 6) is 0. The van der Waals surface area contributed by atoms with Crippen molar-refractivity contribution < 1.29 is 0 Å². The molecule has 8 aromatic rings. The Hall–Kier alpha value is -6.10. The molecule has 0 aliphatic carbocycles. The molecule has 0 N–H and O–H groups in total. The minimum atomic E-state index is 0.464. The maximum atomic E-state index is 10.3. The summed E-state index contributed by atoms with van der Waals surface area (Å²) in [6.45, 7) is 8.05. The first-order chi connectivity index (χ1) is 20.8. The van der Waals surface area contributed by atoms with Gasteiger partial charge in [0.15, 0.2) is 5.69 Å². The molecule has 8 rings (SSSR count). The van der Waals surface area contributed by atoms with Crippen molar-refractivity contribution in [1.29, 1.82) is 5.26 Å². The molecular formula is C38H22N4. The molecule has 0 aliphatic heterocycles. The Balaban J connectivity index is 1.73. The van der Waals surface area contributed by atoms with E-state index in [-0.39, 0.29) is 0 Å². The second-order valence-electron chi connectivity index (χ2n) is 10.3. The number of aromatic nitrogens is 2. The van der Waals surface area contributed by atoms with Crippen LogP contribution in [0.5, 0.6) is 0 Å². The van der Waals surface area contributed by atoms with Gasteiger partial charge in [-0.2, -0.15) is 5.26 Å². The van der Waals surface area contributed by atoms with Crippen LogP contribution in [0.15, 0.2) is 133 Å². The van der Waals surface area contributed by atoms with Gasteiger partial charge in [0.05, 0.1) is 34.7 Å². The number of nitriles is 1. The summed E-state index contributed by atoms with van der Waals surface area (Å²) in [5, 5.41) is 14.7. The van der Waals surface area contributed by atoms with Crippen molar-refractivity contribution in [1.82, 2.24) is 9.13 Å². The van der Waals surface area contributed by atoms with Crippen LogP contribution in [0.4, 0.5) is 5.69 Å². The summed E-state index contributed by atoms with van der Waals surface area (Å²) < 4.78 is 4.64. The molecule has 2 aromatic heterocycles. The quantitative estimate of drug-likeness (QED) is 0.208. The normalized spacial score (nSPS) is 11.3. The van der Waals surface area contributed by atoms with Gasteiger partial charge in [-0.15, -0.1) is 0 Å². The highest BCUT2D eigenvalue weighted by molar-refractivity contribution is 6.29. The van der Waals surface area contributed by atoms with Gasteiger partial charge in [-0.25, -0.2) is 4.85 Å². The lowest BCUT2D eigenvalue weighted by Crippen LogP contribution is -1.98. The molecule has 194 valence electrons. The molecule has 2 heterocycles. The Morgan fingerprint density at radius 3 is 1.79 bits per heavy atom. The average Bonchev–Trinajstić information content (AvgIpc) is 3.58.